The van der Waals surface area contributed by atoms with Crippen LogP contribution in [-0.4, -0.2) is 15.6 Å². The van der Waals surface area contributed by atoms with Gasteiger partial charge in [0, 0.05) is 40.7 Å². The van der Waals surface area contributed by atoms with Crippen molar-refractivity contribution in [2.75, 3.05) is 0 Å². The Hall–Kier alpha value is -1.29. The zero-order chi connectivity index (χ0) is 18.1. The number of aryl methyl sites for hydroxylation is 1. The molecule has 0 bridgehead atoms. The molecule has 0 saturated heterocycles. The van der Waals surface area contributed by atoms with Gasteiger partial charge in [0.25, 0.3) is 0 Å². The second-order valence-corrected chi connectivity index (χ2v) is 8.57. The van der Waals surface area contributed by atoms with E-state index in [1.54, 1.807) is 0 Å². The maximum Gasteiger partial charge on any atom is 0.127 e. The molecular weight excluding hydrogens is 367 g/mol. The average Bonchev–Trinajstić information content (AvgIpc) is 2.45. The van der Waals surface area contributed by atoms with Gasteiger partial charge in [-0.05, 0) is 50.8 Å². The number of phenols is 1. The number of nitrogens with one attached hydrogen (secondary N) is 1. The molecule has 3 nitrogen and oxygen atoms in total. The third kappa shape index (κ3) is 6.46. The van der Waals surface area contributed by atoms with Gasteiger partial charge in [0.05, 0.1) is 0 Å². The van der Waals surface area contributed by atoms with Crippen molar-refractivity contribution in [1.29, 1.82) is 0 Å². The van der Waals surface area contributed by atoms with E-state index in [0.29, 0.717) is 12.3 Å². The molecule has 1 aromatic carbocycles. The fraction of sp³-hybridized carbons (Fsp3) is 0.476. The van der Waals surface area contributed by atoms with Crippen LogP contribution in [0.4, 0.5) is 0 Å². The first-order valence-electron chi connectivity index (χ1n) is 8.52. The minimum atomic E-state index is -0.00421. The fourth-order valence-corrected chi connectivity index (χ4v) is 2.47. The van der Waals surface area contributed by atoms with Crippen molar-refractivity contribution in [3.8, 4) is 16.9 Å². The summed E-state index contributed by atoms with van der Waals surface area (Å²) in [5.41, 5.74) is 4.91. The quantitative estimate of drug-likeness (QED) is 0.687. The molecule has 5 heteroatoms. The van der Waals surface area contributed by atoms with Crippen LogP contribution in [-0.2, 0) is 12.0 Å². The predicted octanol–water partition coefficient (Wildman–Crippen LogP) is 5.79. The standard InChI is InChI=1S/C21H30N2O.2ClH/c1-14-8-9-15(12-22-14)18-11-17(20(2,3)4)10-16(19(18)24)13-23-21(5,6)7;;/h8-12,23-24H,13H2,1-7H3;2*1H. The minimum absolute atomic E-state index is 0. The third-order valence-corrected chi connectivity index (χ3v) is 4.09. The summed E-state index contributed by atoms with van der Waals surface area (Å²) < 4.78 is 0. The van der Waals surface area contributed by atoms with Crippen LogP contribution in [0, 0.1) is 6.92 Å². The van der Waals surface area contributed by atoms with Crippen molar-refractivity contribution >= 4 is 24.8 Å². The molecule has 2 aromatic rings. The van der Waals surface area contributed by atoms with E-state index in [1.807, 2.05) is 25.3 Å². The molecule has 146 valence electrons. The molecule has 2 rings (SSSR count). The van der Waals surface area contributed by atoms with Crippen molar-refractivity contribution < 1.29 is 5.11 Å². The van der Waals surface area contributed by atoms with Gasteiger partial charge in [-0.15, -0.1) is 24.8 Å². The molecule has 0 fully saturated rings. The lowest BCUT2D eigenvalue weighted by atomic mass is 9.83. The van der Waals surface area contributed by atoms with Gasteiger partial charge in [0.15, 0.2) is 0 Å². The number of aromatic nitrogens is 1. The molecule has 0 atom stereocenters. The molecule has 0 spiro atoms. The maximum absolute atomic E-state index is 10.8. The second kappa shape index (κ2) is 9.07. The van der Waals surface area contributed by atoms with E-state index in [9.17, 15) is 5.11 Å². The summed E-state index contributed by atoms with van der Waals surface area (Å²) in [5.74, 6) is 0.338. The first kappa shape index (κ1) is 24.7. The van der Waals surface area contributed by atoms with Crippen molar-refractivity contribution in [1.82, 2.24) is 10.3 Å². The number of halogens is 2. The van der Waals surface area contributed by atoms with Crippen LogP contribution in [0.3, 0.4) is 0 Å². The van der Waals surface area contributed by atoms with Gasteiger partial charge in [-0.3, -0.25) is 4.98 Å². The van der Waals surface area contributed by atoms with Gasteiger partial charge in [-0.25, -0.2) is 0 Å². The van der Waals surface area contributed by atoms with E-state index in [0.717, 1.165) is 22.4 Å². The van der Waals surface area contributed by atoms with Gasteiger partial charge in [-0.1, -0.05) is 32.9 Å². The SMILES string of the molecule is Cc1ccc(-c2cc(C(C)(C)C)cc(CNC(C)(C)C)c2O)cn1.Cl.Cl. The second-order valence-electron chi connectivity index (χ2n) is 8.57. The first-order valence-corrected chi connectivity index (χ1v) is 8.52. The number of rotatable bonds is 3. The minimum Gasteiger partial charge on any atom is -0.507 e. The number of hydrogen-bond acceptors (Lipinski definition) is 3. The number of pyridine rings is 1. The van der Waals surface area contributed by atoms with Gasteiger partial charge in [-0.2, -0.15) is 0 Å². The van der Waals surface area contributed by atoms with E-state index < -0.39 is 0 Å². The number of nitrogens with zero attached hydrogens (tertiary/aromatic N) is 1. The summed E-state index contributed by atoms with van der Waals surface area (Å²) in [6.45, 7) is 15.6. The summed E-state index contributed by atoms with van der Waals surface area (Å²) in [6.07, 6.45) is 1.83. The van der Waals surface area contributed by atoms with Crippen molar-refractivity contribution in [2.45, 2.75) is 66.0 Å². The third-order valence-electron chi connectivity index (χ3n) is 4.09. The van der Waals surface area contributed by atoms with Crippen molar-refractivity contribution in [2.24, 2.45) is 0 Å². The van der Waals surface area contributed by atoms with E-state index >= 15 is 0 Å². The predicted molar refractivity (Wildman–Crippen MR) is 116 cm³/mol. The number of benzene rings is 1. The Balaban J connectivity index is 0.00000312. The Bertz CT molecular complexity index is 715. The fourth-order valence-electron chi connectivity index (χ4n) is 2.47. The van der Waals surface area contributed by atoms with Crippen LogP contribution < -0.4 is 5.32 Å². The molecule has 0 amide bonds. The van der Waals surface area contributed by atoms with Crippen molar-refractivity contribution in [3.05, 3.63) is 47.3 Å². The monoisotopic (exact) mass is 398 g/mol. The first-order chi connectivity index (χ1) is 11.0. The Morgan fingerprint density at radius 3 is 2.08 bits per heavy atom. The highest BCUT2D eigenvalue weighted by Gasteiger charge is 2.20. The van der Waals surface area contributed by atoms with E-state index in [4.69, 9.17) is 0 Å². The molecular formula is C21H32Cl2N2O. The van der Waals surface area contributed by atoms with Crippen LogP contribution in [0.5, 0.6) is 5.75 Å². The molecule has 2 N–H and O–H groups in total. The molecule has 0 aliphatic rings. The zero-order valence-electron chi connectivity index (χ0n) is 16.8. The van der Waals surface area contributed by atoms with Gasteiger partial charge in [0.2, 0.25) is 0 Å². The summed E-state index contributed by atoms with van der Waals surface area (Å²) in [7, 11) is 0. The normalized spacial score (nSPS) is 11.5. The Morgan fingerprint density at radius 1 is 1.00 bits per heavy atom. The summed E-state index contributed by atoms with van der Waals surface area (Å²) in [5, 5.41) is 14.3. The molecule has 0 aliphatic carbocycles. The molecule has 0 saturated carbocycles. The number of aromatic hydroxyl groups is 1. The Labute approximate surface area is 170 Å². The van der Waals surface area contributed by atoms with Crippen LogP contribution in [0.15, 0.2) is 30.5 Å². The highest BCUT2D eigenvalue weighted by Crippen LogP contribution is 2.37. The van der Waals surface area contributed by atoms with Gasteiger partial charge in [0.1, 0.15) is 5.75 Å². The molecule has 0 radical (unpaired) electrons. The van der Waals surface area contributed by atoms with Gasteiger partial charge < -0.3 is 10.4 Å². The van der Waals surface area contributed by atoms with E-state index in [2.05, 4.69) is 64.0 Å². The topological polar surface area (TPSA) is 45.1 Å². The summed E-state index contributed by atoms with van der Waals surface area (Å²) >= 11 is 0. The zero-order valence-corrected chi connectivity index (χ0v) is 18.4. The molecule has 26 heavy (non-hydrogen) atoms. The highest BCUT2D eigenvalue weighted by atomic mass is 35.5. The highest BCUT2D eigenvalue weighted by molar-refractivity contribution is 5.85. The van der Waals surface area contributed by atoms with E-state index in [-0.39, 0.29) is 35.8 Å². The van der Waals surface area contributed by atoms with Gasteiger partial charge >= 0.3 is 0 Å². The lowest BCUT2D eigenvalue weighted by molar-refractivity contribution is 0.411. The lowest BCUT2D eigenvalue weighted by Crippen LogP contribution is -2.35. The summed E-state index contributed by atoms with van der Waals surface area (Å²) in [4.78, 5) is 4.38. The Kier molecular flexibility index (Phi) is 8.62. The van der Waals surface area contributed by atoms with E-state index in [1.165, 1.54) is 5.56 Å². The molecule has 1 aromatic heterocycles. The molecule has 0 aliphatic heterocycles. The lowest BCUT2D eigenvalue weighted by Gasteiger charge is -2.25. The van der Waals surface area contributed by atoms with Crippen molar-refractivity contribution in [3.63, 3.8) is 0 Å². The molecule has 1 heterocycles. The number of hydrogen-bond donors (Lipinski definition) is 2. The maximum atomic E-state index is 10.8. The van der Waals surface area contributed by atoms with Crippen LogP contribution in [0.25, 0.3) is 11.1 Å². The molecule has 0 unspecified atom stereocenters. The largest absolute Gasteiger partial charge is 0.507 e. The Morgan fingerprint density at radius 2 is 1.62 bits per heavy atom. The summed E-state index contributed by atoms with van der Waals surface area (Å²) in [6, 6.07) is 8.19. The number of phenolic OH excluding ortho intramolecular Hbond substituents is 1. The van der Waals surface area contributed by atoms with Crippen LogP contribution in [0.1, 0.15) is 58.4 Å². The van der Waals surface area contributed by atoms with Crippen LogP contribution in [0.2, 0.25) is 0 Å². The van der Waals surface area contributed by atoms with Crippen LogP contribution >= 0.6 is 24.8 Å². The average molecular weight is 399 g/mol. The smallest absolute Gasteiger partial charge is 0.127 e.